The first-order valence-electron chi connectivity index (χ1n) is 9.71. The second kappa shape index (κ2) is 9.50. The summed E-state index contributed by atoms with van der Waals surface area (Å²) in [6.45, 7) is 1.92. The Morgan fingerprint density at radius 2 is 1.94 bits per heavy atom. The van der Waals surface area contributed by atoms with Gasteiger partial charge in [-0.05, 0) is 36.2 Å². The topological polar surface area (TPSA) is 91.7 Å². The molecule has 0 atom stereocenters. The number of carbonyl (C=O) groups is 2. The SMILES string of the molecule is Cc1nn(Cc2ccccc2Cl)c(Cl)c1C(=O)OCC(=O)NCc1ccc2c(c1)OCO2. The highest BCUT2D eigenvalue weighted by Crippen LogP contribution is 2.32. The molecule has 1 N–H and O–H groups in total. The summed E-state index contributed by atoms with van der Waals surface area (Å²) in [5.41, 5.74) is 2.14. The van der Waals surface area contributed by atoms with E-state index in [0.717, 1.165) is 11.1 Å². The molecule has 0 radical (unpaired) electrons. The molecule has 32 heavy (non-hydrogen) atoms. The Labute approximate surface area is 194 Å². The molecule has 0 spiro atoms. The maximum atomic E-state index is 12.5. The fourth-order valence-corrected chi connectivity index (χ4v) is 3.69. The minimum Gasteiger partial charge on any atom is -0.454 e. The second-order valence-electron chi connectivity index (χ2n) is 7.04. The number of carbonyl (C=O) groups excluding carboxylic acids is 2. The molecule has 0 aliphatic carbocycles. The van der Waals surface area contributed by atoms with E-state index in [1.807, 2.05) is 24.3 Å². The summed E-state index contributed by atoms with van der Waals surface area (Å²) in [5.74, 6) is 0.114. The van der Waals surface area contributed by atoms with Crippen molar-refractivity contribution in [3.63, 3.8) is 0 Å². The van der Waals surface area contributed by atoms with E-state index < -0.39 is 18.5 Å². The predicted octanol–water partition coefficient (Wildman–Crippen LogP) is 3.75. The van der Waals surface area contributed by atoms with Gasteiger partial charge in [-0.2, -0.15) is 5.10 Å². The number of halogens is 2. The standard InChI is InChI=1S/C22H19Cl2N3O5/c1-13-20(21(24)27(26-13)10-15-4-2-3-5-16(15)23)22(29)30-11-19(28)25-9-14-6-7-17-18(8-14)32-12-31-17/h2-8H,9-12H2,1H3,(H,25,28). The first-order chi connectivity index (χ1) is 15.4. The highest BCUT2D eigenvalue weighted by molar-refractivity contribution is 6.33. The summed E-state index contributed by atoms with van der Waals surface area (Å²) < 4.78 is 17.2. The first-order valence-corrected chi connectivity index (χ1v) is 10.5. The number of nitrogens with one attached hydrogen (secondary N) is 1. The Kier molecular flexibility index (Phi) is 6.53. The van der Waals surface area contributed by atoms with Crippen molar-refractivity contribution in [3.05, 3.63) is 75.0 Å². The molecule has 0 saturated heterocycles. The highest BCUT2D eigenvalue weighted by Gasteiger charge is 2.23. The van der Waals surface area contributed by atoms with Crippen LogP contribution in [-0.4, -0.2) is 35.1 Å². The van der Waals surface area contributed by atoms with Crippen molar-refractivity contribution in [2.24, 2.45) is 0 Å². The van der Waals surface area contributed by atoms with Crippen molar-refractivity contribution in [1.82, 2.24) is 15.1 Å². The fraction of sp³-hybridized carbons (Fsp3) is 0.227. The predicted molar refractivity (Wildman–Crippen MR) is 117 cm³/mol. The summed E-state index contributed by atoms with van der Waals surface area (Å²) in [4.78, 5) is 24.7. The van der Waals surface area contributed by atoms with E-state index in [1.165, 1.54) is 4.68 Å². The zero-order valence-electron chi connectivity index (χ0n) is 17.1. The Balaban J connectivity index is 1.33. The van der Waals surface area contributed by atoms with Crippen LogP contribution in [0.4, 0.5) is 0 Å². The largest absolute Gasteiger partial charge is 0.454 e. The third kappa shape index (κ3) is 4.81. The molecule has 1 aliphatic rings. The van der Waals surface area contributed by atoms with E-state index >= 15 is 0 Å². The molecule has 1 aliphatic heterocycles. The molecular weight excluding hydrogens is 457 g/mol. The van der Waals surface area contributed by atoms with Crippen molar-refractivity contribution < 1.29 is 23.8 Å². The lowest BCUT2D eigenvalue weighted by Crippen LogP contribution is -2.28. The number of aryl methyl sites for hydroxylation is 1. The number of hydrogen-bond donors (Lipinski definition) is 1. The van der Waals surface area contributed by atoms with Crippen LogP contribution >= 0.6 is 23.2 Å². The van der Waals surface area contributed by atoms with E-state index in [2.05, 4.69) is 10.4 Å². The first kappa shape index (κ1) is 22.0. The zero-order valence-corrected chi connectivity index (χ0v) is 18.6. The van der Waals surface area contributed by atoms with Crippen LogP contribution in [0.25, 0.3) is 0 Å². The molecule has 1 aromatic heterocycles. The number of ether oxygens (including phenoxy) is 3. The monoisotopic (exact) mass is 475 g/mol. The summed E-state index contributed by atoms with van der Waals surface area (Å²) >= 11 is 12.6. The van der Waals surface area contributed by atoms with Crippen LogP contribution in [0.2, 0.25) is 10.2 Å². The van der Waals surface area contributed by atoms with Gasteiger partial charge in [-0.3, -0.25) is 4.79 Å². The van der Waals surface area contributed by atoms with Crippen molar-refractivity contribution in [1.29, 1.82) is 0 Å². The van der Waals surface area contributed by atoms with Crippen molar-refractivity contribution in [2.45, 2.75) is 20.0 Å². The molecule has 2 aromatic carbocycles. The molecule has 166 valence electrons. The van der Waals surface area contributed by atoms with E-state index in [0.29, 0.717) is 28.8 Å². The molecule has 8 nitrogen and oxygen atoms in total. The number of esters is 1. The molecule has 1 amide bonds. The second-order valence-corrected chi connectivity index (χ2v) is 7.81. The highest BCUT2D eigenvalue weighted by atomic mass is 35.5. The quantitative estimate of drug-likeness (QED) is 0.523. The summed E-state index contributed by atoms with van der Waals surface area (Å²) in [6.07, 6.45) is 0. The van der Waals surface area contributed by atoms with Gasteiger partial charge in [0.05, 0.1) is 12.2 Å². The van der Waals surface area contributed by atoms with Crippen molar-refractivity contribution in [2.75, 3.05) is 13.4 Å². The third-order valence-corrected chi connectivity index (χ3v) is 5.56. The van der Waals surface area contributed by atoms with Gasteiger partial charge in [0.2, 0.25) is 6.79 Å². The number of rotatable bonds is 7. The summed E-state index contributed by atoms with van der Waals surface area (Å²) in [5, 5.41) is 7.68. The Hall–Kier alpha value is -3.23. The summed E-state index contributed by atoms with van der Waals surface area (Å²) in [7, 11) is 0. The molecule has 2 heterocycles. The van der Waals surface area contributed by atoms with Gasteiger partial charge in [-0.15, -0.1) is 0 Å². The van der Waals surface area contributed by atoms with Gasteiger partial charge in [-0.1, -0.05) is 47.5 Å². The van der Waals surface area contributed by atoms with Gasteiger partial charge in [0, 0.05) is 11.6 Å². The fourth-order valence-electron chi connectivity index (χ4n) is 3.18. The average molecular weight is 476 g/mol. The molecule has 0 bridgehead atoms. The van der Waals surface area contributed by atoms with Crippen LogP contribution in [0.15, 0.2) is 42.5 Å². The normalized spacial score (nSPS) is 12.0. The summed E-state index contributed by atoms with van der Waals surface area (Å²) in [6, 6.07) is 12.7. The molecule has 0 fully saturated rings. The van der Waals surface area contributed by atoms with Crippen LogP contribution in [0.5, 0.6) is 11.5 Å². The smallest absolute Gasteiger partial charge is 0.343 e. The lowest BCUT2D eigenvalue weighted by atomic mass is 10.2. The Morgan fingerprint density at radius 3 is 2.75 bits per heavy atom. The van der Waals surface area contributed by atoms with E-state index in [4.69, 9.17) is 37.4 Å². The van der Waals surface area contributed by atoms with Gasteiger partial charge in [0.1, 0.15) is 10.7 Å². The number of amides is 1. The third-order valence-electron chi connectivity index (χ3n) is 4.81. The molecule has 4 rings (SSSR count). The number of aromatic nitrogens is 2. The lowest BCUT2D eigenvalue weighted by molar-refractivity contribution is -0.124. The average Bonchev–Trinajstić information content (AvgIpc) is 3.35. The van der Waals surface area contributed by atoms with Crippen LogP contribution in [-0.2, 0) is 22.6 Å². The number of fused-ring (bicyclic) bond motifs is 1. The van der Waals surface area contributed by atoms with Gasteiger partial charge >= 0.3 is 5.97 Å². The zero-order chi connectivity index (χ0) is 22.7. The van der Waals surface area contributed by atoms with Crippen LogP contribution in [0.1, 0.15) is 27.2 Å². The Morgan fingerprint density at radius 1 is 1.16 bits per heavy atom. The van der Waals surface area contributed by atoms with Crippen LogP contribution in [0, 0.1) is 6.92 Å². The number of benzene rings is 2. The molecule has 3 aromatic rings. The maximum absolute atomic E-state index is 12.5. The molecule has 0 unspecified atom stereocenters. The van der Waals surface area contributed by atoms with E-state index in [9.17, 15) is 9.59 Å². The lowest BCUT2D eigenvalue weighted by Gasteiger charge is -2.08. The maximum Gasteiger partial charge on any atom is 0.343 e. The minimum absolute atomic E-state index is 0.113. The van der Waals surface area contributed by atoms with Crippen LogP contribution in [0.3, 0.4) is 0 Å². The van der Waals surface area contributed by atoms with Gasteiger partial charge in [-0.25, -0.2) is 9.48 Å². The van der Waals surface area contributed by atoms with Gasteiger partial charge in [0.25, 0.3) is 5.91 Å². The number of hydrogen-bond acceptors (Lipinski definition) is 6. The Bertz CT molecular complexity index is 1180. The minimum atomic E-state index is -0.726. The van der Waals surface area contributed by atoms with Crippen molar-refractivity contribution in [3.8, 4) is 11.5 Å². The number of nitrogens with zero attached hydrogens (tertiary/aromatic N) is 2. The van der Waals surface area contributed by atoms with Crippen LogP contribution < -0.4 is 14.8 Å². The van der Waals surface area contributed by atoms with E-state index in [-0.39, 0.29) is 24.1 Å². The van der Waals surface area contributed by atoms with Crippen molar-refractivity contribution >= 4 is 35.1 Å². The van der Waals surface area contributed by atoms with Gasteiger partial charge in [0.15, 0.2) is 18.1 Å². The molecule has 10 heteroatoms. The molecular formula is C22H19Cl2N3O5. The molecule has 0 saturated carbocycles. The van der Waals surface area contributed by atoms with E-state index in [1.54, 1.807) is 25.1 Å². The van der Waals surface area contributed by atoms with Gasteiger partial charge < -0.3 is 19.5 Å².